The second kappa shape index (κ2) is 14.0. The number of fused-ring (bicyclic) bond motifs is 2. The standard InChI is InChI=1S/C33H37BrN6O6/c1-5-7-8-14-46-32(44)35-22-10-11-23-24(15-22)39(38-29(23)21(4)41)18-28(42)40-25(16-33(17-26(33)40)19-45-13-6-2)31(43)37-30-20(3)9-12-27(34)36-30/h5-6,9-12,15,25-26H,1-2,7-8,13-14,16-19H2,3-4H3,(H,35,44)(H,36,37,43)/t25-,26+,33-/m0/s1. The molecule has 1 aliphatic carbocycles. The molecule has 3 amide bonds. The number of nitrogens with one attached hydrogen (secondary N) is 2. The van der Waals surface area contributed by atoms with Crippen LogP contribution in [-0.2, 0) is 25.6 Å². The summed E-state index contributed by atoms with van der Waals surface area (Å²) in [6.45, 7) is 11.4. The Bertz CT molecular complexity index is 1700. The van der Waals surface area contributed by atoms with Crippen molar-refractivity contribution in [2.45, 2.75) is 58.2 Å². The van der Waals surface area contributed by atoms with Gasteiger partial charge >= 0.3 is 6.09 Å². The molecule has 2 fully saturated rings. The number of likely N-dealkylation sites (tertiary alicyclic amines) is 1. The molecule has 5 rings (SSSR count). The number of carbonyl (C=O) groups is 4. The number of ether oxygens (including phenoxy) is 2. The number of Topliss-reactive ketones (excluding diaryl/α,β-unsaturated/α-hetero) is 1. The summed E-state index contributed by atoms with van der Waals surface area (Å²) in [6, 6.07) is 7.64. The molecule has 2 aromatic heterocycles. The quantitative estimate of drug-likeness (QED) is 0.0986. The van der Waals surface area contributed by atoms with Gasteiger partial charge in [-0.25, -0.2) is 9.78 Å². The molecule has 0 radical (unpaired) electrons. The van der Waals surface area contributed by atoms with Crippen LogP contribution in [-0.4, -0.2) is 75.3 Å². The average Bonchev–Trinajstić information content (AvgIpc) is 3.43. The lowest BCUT2D eigenvalue weighted by Gasteiger charge is -2.27. The van der Waals surface area contributed by atoms with Crippen molar-refractivity contribution in [2.24, 2.45) is 5.41 Å². The van der Waals surface area contributed by atoms with E-state index in [0.717, 1.165) is 12.0 Å². The van der Waals surface area contributed by atoms with Crippen molar-refractivity contribution in [3.8, 4) is 0 Å². The molecule has 3 heterocycles. The number of ketones is 1. The number of aryl methyl sites for hydroxylation is 1. The summed E-state index contributed by atoms with van der Waals surface area (Å²) in [5.41, 5.74) is 1.54. The molecule has 1 saturated carbocycles. The normalized spacial score (nSPS) is 19.8. The van der Waals surface area contributed by atoms with E-state index in [1.807, 2.05) is 13.0 Å². The van der Waals surface area contributed by atoms with Gasteiger partial charge in [-0.15, -0.1) is 13.2 Å². The summed E-state index contributed by atoms with van der Waals surface area (Å²) >= 11 is 3.35. The molecule has 1 aliphatic heterocycles. The van der Waals surface area contributed by atoms with Crippen LogP contribution in [0.25, 0.3) is 10.9 Å². The summed E-state index contributed by atoms with van der Waals surface area (Å²) in [7, 11) is 0. The number of benzene rings is 1. The first-order chi connectivity index (χ1) is 22.1. The Hall–Kier alpha value is -4.36. The number of hydrogen-bond acceptors (Lipinski definition) is 8. The van der Waals surface area contributed by atoms with Crippen molar-refractivity contribution in [1.29, 1.82) is 0 Å². The molecule has 46 heavy (non-hydrogen) atoms. The number of rotatable bonds is 14. The highest BCUT2D eigenvalue weighted by Gasteiger charge is 2.67. The molecule has 13 heteroatoms. The summed E-state index contributed by atoms with van der Waals surface area (Å²) in [4.78, 5) is 58.7. The zero-order valence-electron chi connectivity index (χ0n) is 25.9. The van der Waals surface area contributed by atoms with E-state index in [0.29, 0.717) is 59.5 Å². The fourth-order valence-electron chi connectivity index (χ4n) is 5.99. The topological polar surface area (TPSA) is 145 Å². The Balaban J connectivity index is 1.40. The minimum Gasteiger partial charge on any atom is -0.449 e. The first-order valence-corrected chi connectivity index (χ1v) is 15.9. The number of pyridine rings is 1. The van der Waals surface area contributed by atoms with Gasteiger partial charge in [0.2, 0.25) is 11.8 Å². The first-order valence-electron chi connectivity index (χ1n) is 15.1. The van der Waals surface area contributed by atoms with Crippen LogP contribution in [0.5, 0.6) is 0 Å². The Morgan fingerprint density at radius 3 is 2.67 bits per heavy atom. The van der Waals surface area contributed by atoms with Crippen LogP contribution < -0.4 is 10.6 Å². The lowest BCUT2D eigenvalue weighted by Crippen LogP contribution is -2.47. The number of amides is 3. The molecular weight excluding hydrogens is 656 g/mol. The molecule has 0 bridgehead atoms. The maximum Gasteiger partial charge on any atom is 0.411 e. The predicted octanol–water partition coefficient (Wildman–Crippen LogP) is 5.42. The van der Waals surface area contributed by atoms with E-state index in [4.69, 9.17) is 9.47 Å². The van der Waals surface area contributed by atoms with E-state index in [1.165, 1.54) is 11.6 Å². The van der Waals surface area contributed by atoms with Crippen molar-refractivity contribution in [1.82, 2.24) is 19.7 Å². The molecular formula is C33H37BrN6O6. The molecule has 0 spiro atoms. The molecule has 1 aromatic carbocycles. The number of unbranched alkanes of at least 4 members (excludes halogenated alkanes) is 1. The lowest BCUT2D eigenvalue weighted by atomic mass is 10.00. The molecule has 0 unspecified atom stereocenters. The summed E-state index contributed by atoms with van der Waals surface area (Å²) < 4.78 is 13.0. The fourth-order valence-corrected chi connectivity index (χ4v) is 6.30. The van der Waals surface area contributed by atoms with Gasteiger partial charge in [-0.3, -0.25) is 24.4 Å². The van der Waals surface area contributed by atoms with Gasteiger partial charge in [0.15, 0.2) is 5.78 Å². The van der Waals surface area contributed by atoms with Crippen LogP contribution in [0.1, 0.15) is 48.7 Å². The Morgan fingerprint density at radius 2 is 1.93 bits per heavy atom. The number of halogens is 1. The maximum atomic E-state index is 14.1. The van der Waals surface area contributed by atoms with Gasteiger partial charge in [0, 0.05) is 29.5 Å². The summed E-state index contributed by atoms with van der Waals surface area (Å²) in [6.07, 6.45) is 5.31. The van der Waals surface area contributed by atoms with Gasteiger partial charge < -0.3 is 19.7 Å². The molecule has 1 saturated heterocycles. The minimum absolute atomic E-state index is 0.195. The van der Waals surface area contributed by atoms with E-state index in [1.54, 1.807) is 41.3 Å². The van der Waals surface area contributed by atoms with Crippen LogP contribution in [0.3, 0.4) is 0 Å². The lowest BCUT2D eigenvalue weighted by molar-refractivity contribution is -0.138. The van der Waals surface area contributed by atoms with E-state index < -0.39 is 12.1 Å². The SMILES string of the molecule is C=CCCCOC(=O)Nc1ccc2c(C(C)=O)nn(CC(=O)N3[C@H](C(=O)Nc4nc(Br)ccc4C)C[C@@]4(COCC=C)C[C@@H]34)c2c1. The van der Waals surface area contributed by atoms with Crippen LogP contribution in [0, 0.1) is 12.3 Å². The first kappa shape index (κ1) is 33.0. The second-order valence-corrected chi connectivity index (χ2v) is 12.5. The van der Waals surface area contributed by atoms with Crippen molar-refractivity contribution in [2.75, 3.05) is 30.5 Å². The zero-order chi connectivity index (χ0) is 33.0. The third-order valence-electron chi connectivity index (χ3n) is 8.34. The highest BCUT2D eigenvalue weighted by Crippen LogP contribution is 2.60. The number of carbonyl (C=O) groups excluding carboxylic acids is 4. The van der Waals surface area contributed by atoms with Gasteiger partial charge in [-0.1, -0.05) is 18.2 Å². The average molecular weight is 694 g/mol. The van der Waals surface area contributed by atoms with E-state index in [9.17, 15) is 19.2 Å². The molecule has 2 aliphatic rings. The molecule has 242 valence electrons. The van der Waals surface area contributed by atoms with Crippen LogP contribution in [0.4, 0.5) is 16.3 Å². The van der Waals surface area contributed by atoms with Crippen molar-refractivity contribution < 1.29 is 28.7 Å². The minimum atomic E-state index is -0.763. The Labute approximate surface area is 275 Å². The zero-order valence-corrected chi connectivity index (χ0v) is 27.5. The molecule has 12 nitrogen and oxygen atoms in total. The van der Waals surface area contributed by atoms with Crippen molar-refractivity contribution in [3.05, 3.63) is 71.5 Å². The molecule has 3 atom stereocenters. The summed E-state index contributed by atoms with van der Waals surface area (Å²) in [5.74, 6) is -0.529. The van der Waals surface area contributed by atoms with E-state index >= 15 is 0 Å². The third-order valence-corrected chi connectivity index (χ3v) is 8.78. The number of allylic oxidation sites excluding steroid dienone is 1. The number of aromatic nitrogens is 3. The predicted molar refractivity (Wildman–Crippen MR) is 177 cm³/mol. The van der Waals surface area contributed by atoms with Gasteiger partial charge in [0.1, 0.15) is 28.7 Å². The van der Waals surface area contributed by atoms with Crippen molar-refractivity contribution >= 4 is 62.0 Å². The fraction of sp³-hybridized carbons (Fsp3) is 0.394. The highest BCUT2D eigenvalue weighted by atomic mass is 79.9. The number of anilines is 2. The second-order valence-electron chi connectivity index (χ2n) is 11.7. The van der Waals surface area contributed by atoms with Crippen LogP contribution >= 0.6 is 15.9 Å². The largest absolute Gasteiger partial charge is 0.449 e. The van der Waals surface area contributed by atoms with Crippen LogP contribution in [0.2, 0.25) is 0 Å². The summed E-state index contributed by atoms with van der Waals surface area (Å²) in [5, 5.41) is 10.6. The van der Waals surface area contributed by atoms with E-state index in [-0.39, 0.29) is 47.9 Å². The third kappa shape index (κ3) is 7.05. The molecule has 3 aromatic rings. The smallest absolute Gasteiger partial charge is 0.411 e. The maximum absolute atomic E-state index is 14.1. The van der Waals surface area contributed by atoms with Crippen LogP contribution in [0.15, 0.2) is 60.2 Å². The number of piperidine rings is 1. The molecule has 2 N–H and O–H groups in total. The van der Waals surface area contributed by atoms with Gasteiger partial charge in [0.05, 0.1) is 25.3 Å². The van der Waals surface area contributed by atoms with E-state index in [2.05, 4.69) is 49.8 Å². The van der Waals surface area contributed by atoms with Gasteiger partial charge in [-0.05, 0) is 78.4 Å². The highest BCUT2D eigenvalue weighted by molar-refractivity contribution is 9.10. The van der Waals surface area contributed by atoms with Gasteiger partial charge in [0.25, 0.3) is 0 Å². The number of nitrogens with zero attached hydrogens (tertiary/aromatic N) is 4. The Morgan fingerprint density at radius 1 is 1.13 bits per heavy atom. The Kier molecular flexibility index (Phi) is 10.0. The monoisotopic (exact) mass is 692 g/mol. The van der Waals surface area contributed by atoms with Gasteiger partial charge in [-0.2, -0.15) is 5.10 Å². The number of hydrogen-bond donors (Lipinski definition) is 2. The van der Waals surface area contributed by atoms with Crippen molar-refractivity contribution in [3.63, 3.8) is 0 Å².